The number of amides is 2. The van der Waals surface area contributed by atoms with Crippen LogP contribution in [0.1, 0.15) is 24.8 Å². The number of rotatable bonds is 6. The van der Waals surface area contributed by atoms with Gasteiger partial charge < -0.3 is 24.8 Å². The second kappa shape index (κ2) is 9.11. The van der Waals surface area contributed by atoms with Gasteiger partial charge in [0.1, 0.15) is 17.7 Å². The first kappa shape index (κ1) is 21.9. The molecule has 2 amide bonds. The lowest BCUT2D eigenvalue weighted by Gasteiger charge is -2.36. The van der Waals surface area contributed by atoms with E-state index in [0.29, 0.717) is 25.3 Å². The van der Waals surface area contributed by atoms with Gasteiger partial charge in [-0.05, 0) is 54.3 Å². The largest absolute Gasteiger partial charge is 0.490 e. The molecule has 2 N–H and O–H groups in total. The van der Waals surface area contributed by atoms with Crippen molar-refractivity contribution < 1.29 is 24.2 Å². The van der Waals surface area contributed by atoms with E-state index in [4.69, 9.17) is 9.47 Å². The molecule has 2 aromatic rings. The number of pyridine rings is 1. The zero-order chi connectivity index (χ0) is 22.9. The van der Waals surface area contributed by atoms with Crippen LogP contribution >= 0.6 is 0 Å². The highest BCUT2D eigenvalue weighted by Gasteiger charge is 2.51. The van der Waals surface area contributed by atoms with Crippen molar-refractivity contribution in [1.82, 2.24) is 9.88 Å². The lowest BCUT2D eigenvalue weighted by Crippen LogP contribution is -2.54. The number of aliphatic hydroxyl groups excluding tert-OH is 1. The summed E-state index contributed by atoms with van der Waals surface area (Å²) in [5.41, 5.74) is 3.01. The molecule has 1 aromatic carbocycles. The normalized spacial score (nSPS) is 23.0. The number of anilines is 1. The van der Waals surface area contributed by atoms with Gasteiger partial charge in [0.25, 0.3) is 0 Å². The van der Waals surface area contributed by atoms with Crippen molar-refractivity contribution >= 4 is 17.6 Å². The third kappa shape index (κ3) is 4.86. The van der Waals surface area contributed by atoms with E-state index in [0.717, 1.165) is 48.5 Å². The minimum atomic E-state index is -0.432. The van der Waals surface area contributed by atoms with Crippen molar-refractivity contribution in [3.8, 4) is 16.9 Å². The number of hydrogen-bond acceptors (Lipinski definition) is 6. The summed E-state index contributed by atoms with van der Waals surface area (Å²) in [7, 11) is 0. The highest BCUT2D eigenvalue weighted by Crippen LogP contribution is 2.41. The van der Waals surface area contributed by atoms with Gasteiger partial charge in [0, 0.05) is 32.1 Å². The Hall–Kier alpha value is -2.97. The molecule has 174 valence electrons. The maximum absolute atomic E-state index is 12.6. The van der Waals surface area contributed by atoms with Gasteiger partial charge in [-0.3, -0.25) is 9.59 Å². The predicted molar refractivity (Wildman–Crippen MR) is 122 cm³/mol. The minimum absolute atomic E-state index is 0.0410. The lowest BCUT2D eigenvalue weighted by molar-refractivity contribution is -0.143. The molecule has 8 heteroatoms. The van der Waals surface area contributed by atoms with Gasteiger partial charge in [-0.1, -0.05) is 6.07 Å². The van der Waals surface area contributed by atoms with Crippen molar-refractivity contribution in [3.05, 3.63) is 42.1 Å². The summed E-state index contributed by atoms with van der Waals surface area (Å²) in [4.78, 5) is 30.8. The standard InChI is InChI=1S/C25H29N3O5/c1-15-10-16(2-3-22(15)33-19-5-8-32-9-6-19)17-4-7-26-23(11-17)27-24(30)20-12-21(20)25(31)28-13-18(29)14-28/h2-4,7,10-11,18-21,29H,5-6,8-9,12-14H2,1H3,(H,26,27,30)/t20-,21-/m1/s1. The van der Waals surface area contributed by atoms with Crippen molar-refractivity contribution in [2.24, 2.45) is 11.8 Å². The van der Waals surface area contributed by atoms with E-state index >= 15 is 0 Å². The average molecular weight is 452 g/mol. The highest BCUT2D eigenvalue weighted by atomic mass is 16.5. The molecule has 2 atom stereocenters. The SMILES string of the molecule is Cc1cc(-c2ccnc(NC(=O)[C@@H]3C[C@H]3C(=O)N3CC(O)C3)c2)ccc1OC1CCOCC1. The molecular formula is C25H29N3O5. The zero-order valence-corrected chi connectivity index (χ0v) is 18.7. The Morgan fingerprint density at radius 2 is 1.88 bits per heavy atom. The molecule has 3 heterocycles. The number of carbonyl (C=O) groups is 2. The fraction of sp³-hybridized carbons (Fsp3) is 0.480. The van der Waals surface area contributed by atoms with Crippen LogP contribution in [0.15, 0.2) is 36.5 Å². The van der Waals surface area contributed by atoms with Crippen LogP contribution in [0.3, 0.4) is 0 Å². The van der Waals surface area contributed by atoms with Crippen LogP contribution in [0.25, 0.3) is 11.1 Å². The monoisotopic (exact) mass is 451 g/mol. The lowest BCUT2D eigenvalue weighted by atomic mass is 10.0. The van der Waals surface area contributed by atoms with Gasteiger partial charge >= 0.3 is 0 Å². The fourth-order valence-electron chi connectivity index (χ4n) is 4.46. The first-order valence-corrected chi connectivity index (χ1v) is 11.6. The smallest absolute Gasteiger partial charge is 0.229 e. The molecule has 8 nitrogen and oxygen atoms in total. The number of likely N-dealkylation sites (tertiary alicyclic amines) is 1. The topological polar surface area (TPSA) is 101 Å². The highest BCUT2D eigenvalue weighted by molar-refractivity contribution is 5.99. The molecule has 0 bridgehead atoms. The van der Waals surface area contributed by atoms with Gasteiger partial charge in [-0.25, -0.2) is 4.98 Å². The van der Waals surface area contributed by atoms with E-state index in [2.05, 4.69) is 16.4 Å². The average Bonchev–Trinajstić information content (AvgIpc) is 3.60. The number of nitrogens with zero attached hydrogens (tertiary/aromatic N) is 2. The molecule has 1 aliphatic carbocycles. The number of aryl methyl sites for hydroxylation is 1. The summed E-state index contributed by atoms with van der Waals surface area (Å²) in [6, 6.07) is 9.83. The molecular weight excluding hydrogens is 422 g/mol. The number of aliphatic hydroxyl groups is 1. The molecule has 0 spiro atoms. The molecule has 3 aliphatic rings. The number of hydrogen-bond donors (Lipinski definition) is 2. The number of nitrogens with one attached hydrogen (secondary N) is 1. The van der Waals surface area contributed by atoms with Crippen LogP contribution in [0.5, 0.6) is 5.75 Å². The second-order valence-electron chi connectivity index (χ2n) is 9.17. The number of β-amino-alcohol motifs (C(OH)–C–C–N with tert-alkyl or cyclic N) is 1. The number of carbonyl (C=O) groups excluding carboxylic acids is 2. The van der Waals surface area contributed by atoms with Gasteiger partial charge in [0.05, 0.1) is 31.2 Å². The van der Waals surface area contributed by atoms with Crippen molar-refractivity contribution in [2.75, 3.05) is 31.6 Å². The molecule has 2 saturated heterocycles. The summed E-state index contributed by atoms with van der Waals surface area (Å²) in [5.74, 6) is 0.509. The maximum Gasteiger partial charge on any atom is 0.229 e. The molecule has 1 aromatic heterocycles. The molecule has 1 saturated carbocycles. The zero-order valence-electron chi connectivity index (χ0n) is 18.7. The van der Waals surface area contributed by atoms with Crippen LogP contribution in [0.4, 0.5) is 5.82 Å². The van der Waals surface area contributed by atoms with Gasteiger partial charge in [0.2, 0.25) is 11.8 Å². The summed E-state index contributed by atoms with van der Waals surface area (Å²) in [5, 5.41) is 12.2. The van der Waals surface area contributed by atoms with E-state index in [1.807, 2.05) is 31.2 Å². The Morgan fingerprint density at radius 3 is 2.61 bits per heavy atom. The Morgan fingerprint density at radius 1 is 1.12 bits per heavy atom. The van der Waals surface area contributed by atoms with Crippen LogP contribution < -0.4 is 10.1 Å². The molecule has 3 fully saturated rings. The third-order valence-electron chi connectivity index (χ3n) is 6.60. The van der Waals surface area contributed by atoms with Crippen molar-refractivity contribution in [2.45, 2.75) is 38.4 Å². The Labute approximate surface area is 192 Å². The molecule has 5 rings (SSSR count). The van der Waals surface area contributed by atoms with Gasteiger partial charge in [0.15, 0.2) is 0 Å². The Bertz CT molecular complexity index is 1050. The van der Waals surface area contributed by atoms with Crippen LogP contribution in [-0.2, 0) is 14.3 Å². The minimum Gasteiger partial charge on any atom is -0.490 e. The van der Waals surface area contributed by atoms with Crippen LogP contribution in [0, 0.1) is 18.8 Å². The summed E-state index contributed by atoms with van der Waals surface area (Å²) < 4.78 is 11.6. The predicted octanol–water partition coefficient (Wildman–Crippen LogP) is 2.39. The molecule has 33 heavy (non-hydrogen) atoms. The third-order valence-corrected chi connectivity index (χ3v) is 6.60. The summed E-state index contributed by atoms with van der Waals surface area (Å²) >= 11 is 0. The first-order valence-electron chi connectivity index (χ1n) is 11.6. The number of benzene rings is 1. The first-order chi connectivity index (χ1) is 16.0. The second-order valence-corrected chi connectivity index (χ2v) is 9.17. The fourth-order valence-corrected chi connectivity index (χ4v) is 4.46. The maximum atomic E-state index is 12.6. The Balaban J connectivity index is 1.21. The van der Waals surface area contributed by atoms with Crippen LogP contribution in [0.2, 0.25) is 0 Å². The molecule has 2 aliphatic heterocycles. The Kier molecular flexibility index (Phi) is 6.03. The molecule has 0 radical (unpaired) electrons. The van der Waals surface area contributed by atoms with Crippen molar-refractivity contribution in [1.29, 1.82) is 0 Å². The van der Waals surface area contributed by atoms with Crippen LogP contribution in [-0.4, -0.2) is 65.3 Å². The van der Waals surface area contributed by atoms with Crippen molar-refractivity contribution in [3.63, 3.8) is 0 Å². The van der Waals surface area contributed by atoms with E-state index in [-0.39, 0.29) is 29.8 Å². The quantitative estimate of drug-likeness (QED) is 0.700. The molecule has 0 unspecified atom stereocenters. The number of ether oxygens (including phenoxy) is 2. The van der Waals surface area contributed by atoms with Gasteiger partial charge in [-0.2, -0.15) is 0 Å². The summed E-state index contributed by atoms with van der Waals surface area (Å²) in [6.45, 7) is 4.25. The number of aromatic nitrogens is 1. The summed E-state index contributed by atoms with van der Waals surface area (Å²) in [6.07, 6.45) is 3.78. The van der Waals surface area contributed by atoms with E-state index in [1.54, 1.807) is 11.1 Å². The van der Waals surface area contributed by atoms with E-state index in [1.165, 1.54) is 0 Å². The van der Waals surface area contributed by atoms with Gasteiger partial charge in [-0.15, -0.1) is 0 Å². The van der Waals surface area contributed by atoms with E-state index in [9.17, 15) is 14.7 Å². The van der Waals surface area contributed by atoms with E-state index < -0.39 is 6.10 Å².